The van der Waals surface area contributed by atoms with Gasteiger partial charge < -0.3 is 4.42 Å². The zero-order valence-corrected chi connectivity index (χ0v) is 34.6. The SMILES string of the molecule is c1ccc(-c2nc(-c3ccccc3)nc(-c3ccc(-c4ccc(-c5ccc(C6(c7ccc8nc(-c9ccccc9)oc8c7)c7ccccc7-c7ccccc76)cc5)cc4)cc3)n2)cc1. The predicted octanol–water partition coefficient (Wildman–Crippen LogP) is 14.4. The topological polar surface area (TPSA) is 64.7 Å². The molecule has 0 bridgehead atoms. The second kappa shape index (κ2) is 15.4. The molecule has 0 spiro atoms. The number of nitrogens with zero attached hydrogens (tertiary/aromatic N) is 4. The summed E-state index contributed by atoms with van der Waals surface area (Å²) >= 11 is 0. The van der Waals surface area contributed by atoms with Crippen molar-refractivity contribution in [2.45, 2.75) is 5.41 Å². The Morgan fingerprint density at radius 2 is 0.672 bits per heavy atom. The molecule has 0 radical (unpaired) electrons. The normalized spacial score (nSPS) is 12.5. The second-order valence-electron chi connectivity index (χ2n) is 16.2. The van der Waals surface area contributed by atoms with Gasteiger partial charge in [-0.3, -0.25) is 0 Å². The van der Waals surface area contributed by atoms with Crippen LogP contribution in [0.5, 0.6) is 0 Å². The van der Waals surface area contributed by atoms with E-state index in [-0.39, 0.29) is 0 Å². The monoisotopic (exact) mass is 818 g/mol. The smallest absolute Gasteiger partial charge is 0.227 e. The minimum absolute atomic E-state index is 0.566. The van der Waals surface area contributed by atoms with E-state index >= 15 is 0 Å². The number of hydrogen-bond donors (Lipinski definition) is 0. The molecule has 9 aromatic carbocycles. The van der Waals surface area contributed by atoms with Crippen LogP contribution in [0.3, 0.4) is 0 Å². The first-order chi connectivity index (χ1) is 31.7. The average Bonchev–Trinajstić information content (AvgIpc) is 3.95. The lowest BCUT2D eigenvalue weighted by Crippen LogP contribution is -2.28. The Labute approximate surface area is 371 Å². The lowest BCUT2D eigenvalue weighted by Gasteiger charge is -2.34. The first-order valence-corrected chi connectivity index (χ1v) is 21.5. The largest absolute Gasteiger partial charge is 0.436 e. The lowest BCUT2D eigenvalue weighted by atomic mass is 9.67. The standard InChI is InChI=1S/C59H38N4O/c1-4-14-43(15-5-1)55-61-56(44-16-6-2-7-17-44)63-57(62-55)45-30-28-41(29-31-45)39-24-26-40(27-25-39)42-32-34-47(35-33-42)59(51-22-12-10-20-49(51)50-21-11-13-23-52(50)59)48-36-37-53-54(38-48)64-58(60-53)46-18-8-3-9-19-46/h1-38H. The van der Waals surface area contributed by atoms with Crippen LogP contribution in [0.15, 0.2) is 235 Å². The fourth-order valence-corrected chi connectivity index (χ4v) is 9.40. The van der Waals surface area contributed by atoms with Crippen molar-refractivity contribution in [2.75, 3.05) is 0 Å². The highest BCUT2D eigenvalue weighted by atomic mass is 16.3. The first kappa shape index (κ1) is 37.2. The molecule has 0 fully saturated rings. The summed E-state index contributed by atoms with van der Waals surface area (Å²) in [4.78, 5) is 19.6. The number of oxazole rings is 1. The van der Waals surface area contributed by atoms with Crippen molar-refractivity contribution in [3.05, 3.63) is 253 Å². The van der Waals surface area contributed by atoms with Gasteiger partial charge in [-0.05, 0) is 79.9 Å². The maximum absolute atomic E-state index is 6.48. The van der Waals surface area contributed by atoms with Gasteiger partial charge in [-0.2, -0.15) is 0 Å². The molecule has 2 aromatic heterocycles. The Morgan fingerprint density at radius 1 is 0.297 bits per heavy atom. The number of hydrogen-bond acceptors (Lipinski definition) is 5. The third-order valence-corrected chi connectivity index (χ3v) is 12.5. The molecule has 0 saturated heterocycles. The van der Waals surface area contributed by atoms with Crippen LogP contribution in [0.2, 0.25) is 0 Å². The Bertz CT molecular complexity index is 3350. The molecule has 1 aliphatic rings. The van der Waals surface area contributed by atoms with Crippen LogP contribution in [-0.4, -0.2) is 19.9 Å². The van der Waals surface area contributed by atoms with Crippen molar-refractivity contribution in [3.8, 4) is 79.0 Å². The summed E-state index contributed by atoms with van der Waals surface area (Å²) in [5.41, 5.74) is 16.7. The van der Waals surface area contributed by atoms with E-state index in [2.05, 4.69) is 140 Å². The first-order valence-electron chi connectivity index (χ1n) is 21.5. The zero-order valence-electron chi connectivity index (χ0n) is 34.6. The molecule has 0 atom stereocenters. The van der Waals surface area contributed by atoms with E-state index in [0.717, 1.165) is 61.2 Å². The number of fused-ring (bicyclic) bond motifs is 4. The molecule has 0 saturated carbocycles. The summed E-state index contributed by atoms with van der Waals surface area (Å²) in [5, 5.41) is 0. The molecular weight excluding hydrogens is 781 g/mol. The van der Waals surface area contributed by atoms with Gasteiger partial charge in [0, 0.05) is 22.3 Å². The molecule has 0 unspecified atom stereocenters. The number of aromatic nitrogens is 4. The summed E-state index contributed by atoms with van der Waals surface area (Å²) in [6.45, 7) is 0. The molecule has 300 valence electrons. The van der Waals surface area contributed by atoms with E-state index < -0.39 is 5.41 Å². The van der Waals surface area contributed by atoms with Gasteiger partial charge in [0.05, 0.1) is 5.41 Å². The van der Waals surface area contributed by atoms with Crippen LogP contribution in [-0.2, 0) is 5.41 Å². The Hall–Kier alpha value is -8.54. The molecule has 0 amide bonds. The molecule has 5 nitrogen and oxygen atoms in total. The highest BCUT2D eigenvalue weighted by Gasteiger charge is 2.46. The van der Waals surface area contributed by atoms with Crippen molar-refractivity contribution >= 4 is 11.1 Å². The van der Waals surface area contributed by atoms with E-state index in [9.17, 15) is 0 Å². The average molecular weight is 819 g/mol. The van der Waals surface area contributed by atoms with Crippen molar-refractivity contribution in [1.82, 2.24) is 19.9 Å². The van der Waals surface area contributed by atoms with Gasteiger partial charge in [-0.15, -0.1) is 0 Å². The second-order valence-corrected chi connectivity index (χ2v) is 16.2. The van der Waals surface area contributed by atoms with Crippen LogP contribution in [0.1, 0.15) is 22.3 Å². The van der Waals surface area contributed by atoms with Gasteiger partial charge in [0.15, 0.2) is 23.1 Å². The van der Waals surface area contributed by atoms with E-state index in [4.69, 9.17) is 24.4 Å². The fourth-order valence-electron chi connectivity index (χ4n) is 9.40. The molecular formula is C59H38N4O. The van der Waals surface area contributed by atoms with Gasteiger partial charge in [0.1, 0.15) is 5.52 Å². The van der Waals surface area contributed by atoms with Gasteiger partial charge in [-0.1, -0.05) is 206 Å². The van der Waals surface area contributed by atoms with Crippen molar-refractivity contribution in [2.24, 2.45) is 0 Å². The van der Waals surface area contributed by atoms with E-state index in [0.29, 0.717) is 23.4 Å². The van der Waals surface area contributed by atoms with Gasteiger partial charge in [0.25, 0.3) is 0 Å². The van der Waals surface area contributed by atoms with Gasteiger partial charge in [0.2, 0.25) is 5.89 Å². The van der Waals surface area contributed by atoms with Crippen LogP contribution in [0, 0.1) is 0 Å². The van der Waals surface area contributed by atoms with Crippen LogP contribution >= 0.6 is 0 Å². The molecule has 5 heteroatoms. The van der Waals surface area contributed by atoms with E-state index in [1.807, 2.05) is 91.0 Å². The minimum atomic E-state index is -0.566. The highest BCUT2D eigenvalue weighted by molar-refractivity contribution is 5.88. The molecule has 0 N–H and O–H groups in total. The highest BCUT2D eigenvalue weighted by Crippen LogP contribution is 2.56. The molecule has 12 rings (SSSR count). The van der Waals surface area contributed by atoms with E-state index in [1.54, 1.807) is 0 Å². The van der Waals surface area contributed by atoms with Crippen molar-refractivity contribution < 1.29 is 4.42 Å². The zero-order chi connectivity index (χ0) is 42.5. The summed E-state index contributed by atoms with van der Waals surface area (Å²) in [5.74, 6) is 2.56. The quantitative estimate of drug-likeness (QED) is 0.153. The summed E-state index contributed by atoms with van der Waals surface area (Å²) in [6.07, 6.45) is 0. The predicted molar refractivity (Wildman–Crippen MR) is 257 cm³/mol. The summed E-state index contributed by atoms with van der Waals surface area (Å²) in [6, 6.07) is 80.8. The molecule has 0 aliphatic heterocycles. The number of benzene rings is 9. The van der Waals surface area contributed by atoms with Crippen LogP contribution in [0.25, 0.3) is 90.1 Å². The maximum atomic E-state index is 6.48. The Morgan fingerprint density at radius 3 is 1.16 bits per heavy atom. The van der Waals surface area contributed by atoms with Crippen LogP contribution < -0.4 is 0 Å². The Kier molecular flexibility index (Phi) is 8.97. The van der Waals surface area contributed by atoms with Gasteiger partial charge >= 0.3 is 0 Å². The maximum Gasteiger partial charge on any atom is 0.227 e. The molecule has 11 aromatic rings. The summed E-state index contributed by atoms with van der Waals surface area (Å²) in [7, 11) is 0. The molecule has 2 heterocycles. The Balaban J connectivity index is 0.872. The third kappa shape index (κ3) is 6.33. The van der Waals surface area contributed by atoms with Crippen molar-refractivity contribution in [1.29, 1.82) is 0 Å². The third-order valence-electron chi connectivity index (χ3n) is 12.5. The van der Waals surface area contributed by atoms with Gasteiger partial charge in [-0.25, -0.2) is 19.9 Å². The van der Waals surface area contributed by atoms with Crippen LogP contribution in [0.4, 0.5) is 0 Å². The lowest BCUT2D eigenvalue weighted by molar-refractivity contribution is 0.618. The molecule has 64 heavy (non-hydrogen) atoms. The molecule has 1 aliphatic carbocycles. The van der Waals surface area contributed by atoms with E-state index in [1.165, 1.54) is 27.8 Å². The van der Waals surface area contributed by atoms with Crippen molar-refractivity contribution in [3.63, 3.8) is 0 Å². The minimum Gasteiger partial charge on any atom is -0.436 e. The number of rotatable bonds is 8. The fraction of sp³-hybridized carbons (Fsp3) is 0.0169. The summed E-state index contributed by atoms with van der Waals surface area (Å²) < 4.78 is 6.48.